The van der Waals surface area contributed by atoms with Crippen molar-refractivity contribution in [2.45, 2.75) is 38.3 Å². The van der Waals surface area contributed by atoms with Crippen molar-refractivity contribution in [3.63, 3.8) is 0 Å². The molecular formula is C13H21N3O2. The van der Waals surface area contributed by atoms with Crippen LogP contribution >= 0.6 is 0 Å². The zero-order chi connectivity index (χ0) is 12.7. The standard InChI is InChI=1S/C13H21N3O2/c1-2-11-9-6-14-5-8(9)7-16(11)13(18)10-3-4-12(17)15-10/h8-11,14H,2-7H2,1H3,(H,15,17)/t8?,9?,10-,11?/m1/s1. The van der Waals surface area contributed by atoms with E-state index in [9.17, 15) is 9.59 Å². The summed E-state index contributed by atoms with van der Waals surface area (Å²) in [7, 11) is 0. The van der Waals surface area contributed by atoms with Crippen LogP contribution in [0.1, 0.15) is 26.2 Å². The second-order valence-corrected chi connectivity index (χ2v) is 5.71. The summed E-state index contributed by atoms with van der Waals surface area (Å²) in [5.74, 6) is 1.37. The first-order valence-electron chi connectivity index (χ1n) is 7.01. The fourth-order valence-corrected chi connectivity index (χ4v) is 3.80. The molecule has 5 heteroatoms. The van der Waals surface area contributed by atoms with Crippen molar-refractivity contribution in [3.8, 4) is 0 Å². The molecule has 3 saturated heterocycles. The van der Waals surface area contributed by atoms with Crippen molar-refractivity contribution in [1.82, 2.24) is 15.5 Å². The van der Waals surface area contributed by atoms with Crippen molar-refractivity contribution in [2.24, 2.45) is 11.8 Å². The minimum absolute atomic E-state index is 0.0162. The largest absolute Gasteiger partial charge is 0.344 e. The number of hydrogen-bond acceptors (Lipinski definition) is 3. The van der Waals surface area contributed by atoms with Crippen LogP contribution in [-0.2, 0) is 9.59 Å². The van der Waals surface area contributed by atoms with Gasteiger partial charge in [-0.2, -0.15) is 0 Å². The number of fused-ring (bicyclic) bond motifs is 1. The van der Waals surface area contributed by atoms with Crippen LogP contribution in [0.3, 0.4) is 0 Å². The lowest BCUT2D eigenvalue weighted by molar-refractivity contribution is -0.135. The average Bonchev–Trinajstić information content (AvgIpc) is 3.01. The molecule has 3 rings (SSSR count). The van der Waals surface area contributed by atoms with E-state index in [0.29, 0.717) is 30.7 Å². The van der Waals surface area contributed by atoms with E-state index in [4.69, 9.17) is 0 Å². The Morgan fingerprint density at radius 3 is 2.94 bits per heavy atom. The van der Waals surface area contributed by atoms with Gasteiger partial charge in [0.1, 0.15) is 6.04 Å². The molecule has 18 heavy (non-hydrogen) atoms. The van der Waals surface area contributed by atoms with Crippen LogP contribution in [0.25, 0.3) is 0 Å². The Morgan fingerprint density at radius 2 is 2.28 bits per heavy atom. The molecule has 4 atom stereocenters. The van der Waals surface area contributed by atoms with Crippen molar-refractivity contribution >= 4 is 11.8 Å². The molecule has 2 N–H and O–H groups in total. The number of nitrogens with zero attached hydrogens (tertiary/aromatic N) is 1. The van der Waals surface area contributed by atoms with Crippen molar-refractivity contribution in [3.05, 3.63) is 0 Å². The maximum absolute atomic E-state index is 12.5. The molecule has 3 aliphatic heterocycles. The Bertz CT molecular complexity index is 371. The fourth-order valence-electron chi connectivity index (χ4n) is 3.80. The first-order valence-corrected chi connectivity index (χ1v) is 7.01. The number of rotatable bonds is 2. The number of hydrogen-bond donors (Lipinski definition) is 2. The van der Waals surface area contributed by atoms with Crippen LogP contribution in [0.2, 0.25) is 0 Å². The van der Waals surface area contributed by atoms with Gasteiger partial charge >= 0.3 is 0 Å². The lowest BCUT2D eigenvalue weighted by atomic mass is 9.93. The monoisotopic (exact) mass is 251 g/mol. The minimum atomic E-state index is -0.265. The zero-order valence-corrected chi connectivity index (χ0v) is 10.8. The molecule has 0 saturated carbocycles. The SMILES string of the molecule is CCC1C2CNCC2CN1C(=O)[C@H]1CCC(=O)N1. The molecule has 100 valence electrons. The van der Waals surface area contributed by atoms with Gasteiger partial charge in [0.15, 0.2) is 0 Å². The molecule has 0 bridgehead atoms. The van der Waals surface area contributed by atoms with E-state index in [0.717, 1.165) is 26.1 Å². The topological polar surface area (TPSA) is 61.4 Å². The molecule has 0 radical (unpaired) electrons. The zero-order valence-electron chi connectivity index (χ0n) is 10.8. The first-order chi connectivity index (χ1) is 8.70. The smallest absolute Gasteiger partial charge is 0.245 e. The lowest BCUT2D eigenvalue weighted by Crippen LogP contribution is -2.48. The maximum Gasteiger partial charge on any atom is 0.245 e. The van der Waals surface area contributed by atoms with Crippen LogP contribution in [0, 0.1) is 11.8 Å². The summed E-state index contributed by atoms with van der Waals surface area (Å²) in [6.07, 6.45) is 2.17. The molecule has 3 fully saturated rings. The molecule has 5 nitrogen and oxygen atoms in total. The summed E-state index contributed by atoms with van der Waals surface area (Å²) in [4.78, 5) is 25.7. The predicted molar refractivity (Wildman–Crippen MR) is 66.8 cm³/mol. The number of nitrogens with one attached hydrogen (secondary N) is 2. The predicted octanol–water partition coefficient (Wildman–Crippen LogP) is -0.279. The molecule has 0 aliphatic carbocycles. The second-order valence-electron chi connectivity index (χ2n) is 5.71. The molecule has 3 unspecified atom stereocenters. The Hall–Kier alpha value is -1.10. The second kappa shape index (κ2) is 4.53. The van der Waals surface area contributed by atoms with Gasteiger partial charge in [0.05, 0.1) is 0 Å². The molecule has 0 aromatic heterocycles. The highest BCUT2D eigenvalue weighted by Gasteiger charge is 2.46. The van der Waals surface area contributed by atoms with Crippen LogP contribution < -0.4 is 10.6 Å². The molecule has 0 aromatic rings. The van der Waals surface area contributed by atoms with Crippen LogP contribution in [-0.4, -0.2) is 48.4 Å². The molecule has 3 heterocycles. The highest BCUT2D eigenvalue weighted by Crippen LogP contribution is 2.35. The molecule has 0 spiro atoms. The van der Waals surface area contributed by atoms with Gasteiger partial charge in [-0.3, -0.25) is 9.59 Å². The fraction of sp³-hybridized carbons (Fsp3) is 0.846. The third kappa shape index (κ3) is 1.81. The summed E-state index contributed by atoms with van der Waals surface area (Å²) in [6, 6.07) is 0.0911. The summed E-state index contributed by atoms with van der Waals surface area (Å²) in [5.41, 5.74) is 0. The van der Waals surface area contributed by atoms with E-state index in [2.05, 4.69) is 17.6 Å². The number of likely N-dealkylation sites (tertiary alicyclic amines) is 1. The van der Waals surface area contributed by atoms with Crippen LogP contribution in [0.5, 0.6) is 0 Å². The van der Waals surface area contributed by atoms with Gasteiger partial charge in [0.2, 0.25) is 11.8 Å². The van der Waals surface area contributed by atoms with Gasteiger partial charge in [-0.25, -0.2) is 0 Å². The highest BCUT2D eigenvalue weighted by atomic mass is 16.2. The molecular weight excluding hydrogens is 230 g/mol. The van der Waals surface area contributed by atoms with Gasteiger partial charge < -0.3 is 15.5 Å². The van der Waals surface area contributed by atoms with Gasteiger partial charge in [-0.15, -0.1) is 0 Å². The van der Waals surface area contributed by atoms with Gasteiger partial charge in [-0.1, -0.05) is 6.92 Å². The van der Waals surface area contributed by atoms with E-state index in [1.165, 1.54) is 0 Å². The summed E-state index contributed by atoms with van der Waals surface area (Å²) < 4.78 is 0. The normalized spacial score (nSPS) is 38.9. The summed E-state index contributed by atoms with van der Waals surface area (Å²) in [6.45, 7) is 5.08. The third-order valence-electron chi connectivity index (χ3n) is 4.71. The minimum Gasteiger partial charge on any atom is -0.344 e. The van der Waals surface area contributed by atoms with Crippen LogP contribution in [0.4, 0.5) is 0 Å². The highest BCUT2D eigenvalue weighted by molar-refractivity contribution is 5.91. The first kappa shape index (κ1) is 12.0. The molecule has 2 amide bonds. The van der Waals surface area contributed by atoms with E-state index in [-0.39, 0.29) is 17.9 Å². The Balaban J connectivity index is 1.72. The average molecular weight is 251 g/mol. The number of carbonyl (C=O) groups is 2. The van der Waals surface area contributed by atoms with Crippen molar-refractivity contribution < 1.29 is 9.59 Å². The molecule has 3 aliphatic rings. The van der Waals surface area contributed by atoms with Gasteiger partial charge in [0.25, 0.3) is 0 Å². The van der Waals surface area contributed by atoms with Crippen LogP contribution in [0.15, 0.2) is 0 Å². The van der Waals surface area contributed by atoms with Crippen molar-refractivity contribution in [1.29, 1.82) is 0 Å². The lowest BCUT2D eigenvalue weighted by Gasteiger charge is -2.29. The number of amides is 2. The van der Waals surface area contributed by atoms with E-state index in [1.807, 2.05) is 4.90 Å². The Morgan fingerprint density at radius 1 is 1.44 bits per heavy atom. The quantitative estimate of drug-likeness (QED) is 0.709. The Labute approximate surface area is 107 Å². The third-order valence-corrected chi connectivity index (χ3v) is 4.71. The van der Waals surface area contributed by atoms with E-state index < -0.39 is 0 Å². The van der Waals surface area contributed by atoms with Crippen molar-refractivity contribution in [2.75, 3.05) is 19.6 Å². The summed E-state index contributed by atoms with van der Waals surface area (Å²) >= 11 is 0. The van der Waals surface area contributed by atoms with Gasteiger partial charge in [-0.05, 0) is 24.7 Å². The van der Waals surface area contributed by atoms with E-state index >= 15 is 0 Å². The Kier molecular flexibility index (Phi) is 3.01. The molecule has 0 aromatic carbocycles. The van der Waals surface area contributed by atoms with E-state index in [1.54, 1.807) is 0 Å². The summed E-state index contributed by atoms with van der Waals surface area (Å²) in [5, 5.41) is 6.21. The maximum atomic E-state index is 12.5. The number of carbonyl (C=O) groups excluding carboxylic acids is 2. The van der Waals surface area contributed by atoms with Gasteiger partial charge in [0, 0.05) is 32.1 Å².